The number of hydrogen-bond donors (Lipinski definition) is 2. The number of hydrogen-bond acceptors (Lipinski definition) is 7. The summed E-state index contributed by atoms with van der Waals surface area (Å²) in [5.74, 6) is -0.934. The Hall–Kier alpha value is -3.75. The number of anilines is 2. The van der Waals surface area contributed by atoms with Gasteiger partial charge >= 0.3 is 5.69 Å². The van der Waals surface area contributed by atoms with Crippen molar-refractivity contribution in [3.63, 3.8) is 0 Å². The van der Waals surface area contributed by atoms with Crippen LogP contribution in [-0.4, -0.2) is 20.8 Å². The SMILES string of the molecule is Nc1nc(NC(=O)c2ccccc2)c([N+](=O)[O-])c(-c2ccco2)n1. The van der Waals surface area contributed by atoms with Crippen molar-refractivity contribution in [1.29, 1.82) is 0 Å². The molecule has 1 amide bonds. The highest BCUT2D eigenvalue weighted by Gasteiger charge is 2.28. The van der Waals surface area contributed by atoms with E-state index in [4.69, 9.17) is 10.2 Å². The molecule has 0 aliphatic rings. The van der Waals surface area contributed by atoms with Gasteiger partial charge in [0.25, 0.3) is 5.91 Å². The zero-order valence-corrected chi connectivity index (χ0v) is 12.2. The zero-order valence-electron chi connectivity index (χ0n) is 12.2. The summed E-state index contributed by atoms with van der Waals surface area (Å²) in [6, 6.07) is 11.3. The Bertz CT molecular complexity index is 894. The number of nitrogen functional groups attached to an aromatic ring is 1. The number of carbonyl (C=O) groups is 1. The fourth-order valence-corrected chi connectivity index (χ4v) is 2.09. The van der Waals surface area contributed by atoms with Gasteiger partial charge < -0.3 is 15.5 Å². The summed E-state index contributed by atoms with van der Waals surface area (Å²) in [5, 5.41) is 13.9. The molecular formula is C15H11N5O4. The number of carbonyl (C=O) groups excluding carboxylic acids is 1. The van der Waals surface area contributed by atoms with Gasteiger partial charge in [0.1, 0.15) is 0 Å². The molecule has 9 nitrogen and oxygen atoms in total. The molecule has 24 heavy (non-hydrogen) atoms. The average Bonchev–Trinajstić information content (AvgIpc) is 3.09. The Morgan fingerprint density at radius 2 is 1.92 bits per heavy atom. The lowest BCUT2D eigenvalue weighted by Crippen LogP contribution is -2.16. The van der Waals surface area contributed by atoms with E-state index in [2.05, 4.69) is 15.3 Å². The first kappa shape index (κ1) is 15.2. The standard InChI is InChI=1S/C15H11N5O4/c16-15-17-11(10-7-4-8-24-10)12(20(22)23)13(19-15)18-14(21)9-5-2-1-3-6-9/h1-8H,(H3,16,17,18,19,21). The van der Waals surface area contributed by atoms with Crippen LogP contribution in [0.2, 0.25) is 0 Å². The van der Waals surface area contributed by atoms with Gasteiger partial charge in [-0.2, -0.15) is 4.98 Å². The fourth-order valence-electron chi connectivity index (χ4n) is 2.09. The normalized spacial score (nSPS) is 10.3. The number of benzene rings is 1. The van der Waals surface area contributed by atoms with E-state index in [0.29, 0.717) is 5.56 Å². The van der Waals surface area contributed by atoms with Crippen molar-refractivity contribution in [2.45, 2.75) is 0 Å². The number of nitrogens with zero attached hydrogens (tertiary/aromatic N) is 3. The van der Waals surface area contributed by atoms with Crippen LogP contribution >= 0.6 is 0 Å². The molecule has 0 saturated heterocycles. The van der Waals surface area contributed by atoms with E-state index in [1.165, 1.54) is 12.3 Å². The lowest BCUT2D eigenvalue weighted by molar-refractivity contribution is -0.383. The maximum atomic E-state index is 12.2. The highest BCUT2D eigenvalue weighted by atomic mass is 16.6. The van der Waals surface area contributed by atoms with E-state index in [1.54, 1.807) is 36.4 Å². The second-order valence-electron chi connectivity index (χ2n) is 4.68. The second-order valence-corrected chi connectivity index (χ2v) is 4.68. The van der Waals surface area contributed by atoms with Crippen LogP contribution in [0.5, 0.6) is 0 Å². The largest absolute Gasteiger partial charge is 0.462 e. The van der Waals surface area contributed by atoms with Crippen LogP contribution in [0.4, 0.5) is 17.5 Å². The summed E-state index contributed by atoms with van der Waals surface area (Å²) in [4.78, 5) is 30.6. The smallest absolute Gasteiger partial charge is 0.341 e. The number of nitro groups is 1. The average molecular weight is 325 g/mol. The number of aromatic nitrogens is 2. The van der Waals surface area contributed by atoms with E-state index in [0.717, 1.165) is 0 Å². The van der Waals surface area contributed by atoms with Gasteiger partial charge in [0.15, 0.2) is 11.5 Å². The molecule has 0 bridgehead atoms. The van der Waals surface area contributed by atoms with Crippen LogP contribution in [0, 0.1) is 10.1 Å². The molecule has 0 radical (unpaired) electrons. The summed E-state index contributed by atoms with van der Waals surface area (Å²) in [6.45, 7) is 0. The van der Waals surface area contributed by atoms with Crippen LogP contribution in [0.25, 0.3) is 11.5 Å². The van der Waals surface area contributed by atoms with Crippen molar-refractivity contribution in [2.24, 2.45) is 0 Å². The predicted molar refractivity (Wildman–Crippen MR) is 85.2 cm³/mol. The van der Waals surface area contributed by atoms with Gasteiger partial charge in [0.05, 0.1) is 11.2 Å². The van der Waals surface area contributed by atoms with Crippen LogP contribution < -0.4 is 11.1 Å². The molecule has 120 valence electrons. The fraction of sp³-hybridized carbons (Fsp3) is 0. The zero-order chi connectivity index (χ0) is 17.1. The molecule has 0 fully saturated rings. The van der Waals surface area contributed by atoms with Crippen molar-refractivity contribution in [3.05, 3.63) is 64.4 Å². The highest BCUT2D eigenvalue weighted by molar-refractivity contribution is 6.05. The van der Waals surface area contributed by atoms with Crippen molar-refractivity contribution >= 4 is 23.4 Å². The molecule has 2 aromatic heterocycles. The quantitative estimate of drug-likeness (QED) is 0.555. The van der Waals surface area contributed by atoms with Crippen LogP contribution in [0.15, 0.2) is 53.1 Å². The summed E-state index contributed by atoms with van der Waals surface area (Å²) < 4.78 is 5.15. The molecule has 0 unspecified atom stereocenters. The molecule has 0 atom stereocenters. The van der Waals surface area contributed by atoms with Gasteiger partial charge in [-0.1, -0.05) is 18.2 Å². The van der Waals surface area contributed by atoms with Crippen LogP contribution in [0.1, 0.15) is 10.4 Å². The molecule has 2 heterocycles. The molecule has 9 heteroatoms. The molecule has 1 aromatic carbocycles. The van der Waals surface area contributed by atoms with Gasteiger partial charge in [0, 0.05) is 5.56 Å². The minimum Gasteiger partial charge on any atom is -0.462 e. The van der Waals surface area contributed by atoms with Gasteiger partial charge in [-0.05, 0) is 24.3 Å². The minimum absolute atomic E-state index is 0.110. The van der Waals surface area contributed by atoms with Gasteiger partial charge in [0.2, 0.25) is 11.8 Å². The lowest BCUT2D eigenvalue weighted by Gasteiger charge is -2.08. The summed E-state index contributed by atoms with van der Waals surface area (Å²) >= 11 is 0. The van der Waals surface area contributed by atoms with E-state index in [-0.39, 0.29) is 23.2 Å². The molecule has 0 saturated carbocycles. The third-order valence-corrected chi connectivity index (χ3v) is 3.11. The van der Waals surface area contributed by atoms with Gasteiger partial charge in [-0.25, -0.2) is 4.98 Å². The maximum Gasteiger partial charge on any atom is 0.341 e. The van der Waals surface area contributed by atoms with Crippen LogP contribution in [-0.2, 0) is 0 Å². The van der Waals surface area contributed by atoms with Crippen LogP contribution in [0.3, 0.4) is 0 Å². The number of nitrogens with one attached hydrogen (secondary N) is 1. The van der Waals surface area contributed by atoms with E-state index in [9.17, 15) is 14.9 Å². The molecule has 3 rings (SSSR count). The molecule has 0 spiro atoms. The Labute approximate surface area is 135 Å². The molecular weight excluding hydrogens is 314 g/mol. The Balaban J connectivity index is 2.07. The maximum absolute atomic E-state index is 12.2. The summed E-state index contributed by atoms with van der Waals surface area (Å²) in [7, 11) is 0. The molecule has 3 aromatic rings. The molecule has 3 N–H and O–H groups in total. The number of nitrogens with two attached hydrogens (primary N) is 1. The van der Waals surface area contributed by atoms with Gasteiger partial charge in [-0.15, -0.1) is 0 Å². The Kier molecular flexibility index (Phi) is 3.89. The van der Waals surface area contributed by atoms with Crippen molar-refractivity contribution < 1.29 is 14.1 Å². The molecule has 0 aliphatic carbocycles. The first-order valence-electron chi connectivity index (χ1n) is 6.78. The van der Waals surface area contributed by atoms with E-state index >= 15 is 0 Å². The second kappa shape index (κ2) is 6.16. The van der Waals surface area contributed by atoms with Crippen molar-refractivity contribution in [2.75, 3.05) is 11.1 Å². The Morgan fingerprint density at radius 3 is 2.54 bits per heavy atom. The monoisotopic (exact) mass is 325 g/mol. The topological polar surface area (TPSA) is 137 Å². The molecule has 0 aliphatic heterocycles. The Morgan fingerprint density at radius 1 is 1.17 bits per heavy atom. The minimum atomic E-state index is -0.697. The highest BCUT2D eigenvalue weighted by Crippen LogP contribution is 2.34. The number of rotatable bonds is 4. The van der Waals surface area contributed by atoms with E-state index in [1.807, 2.05) is 0 Å². The first-order valence-corrected chi connectivity index (χ1v) is 6.78. The van der Waals surface area contributed by atoms with E-state index < -0.39 is 16.5 Å². The summed E-state index contributed by atoms with van der Waals surface area (Å²) in [6.07, 6.45) is 1.35. The third-order valence-electron chi connectivity index (χ3n) is 3.11. The lowest BCUT2D eigenvalue weighted by atomic mass is 10.2. The number of amides is 1. The van der Waals surface area contributed by atoms with Crippen molar-refractivity contribution in [3.8, 4) is 11.5 Å². The van der Waals surface area contributed by atoms with Crippen molar-refractivity contribution in [1.82, 2.24) is 9.97 Å². The van der Waals surface area contributed by atoms with Gasteiger partial charge in [-0.3, -0.25) is 14.9 Å². The third kappa shape index (κ3) is 2.90. The predicted octanol–water partition coefficient (Wildman–Crippen LogP) is 2.48. The summed E-state index contributed by atoms with van der Waals surface area (Å²) in [5.41, 5.74) is 5.33. The first-order chi connectivity index (χ1) is 11.6. The number of furan rings is 1.